The van der Waals surface area contributed by atoms with Gasteiger partial charge in [-0.25, -0.2) is 9.59 Å². The van der Waals surface area contributed by atoms with Gasteiger partial charge in [-0.3, -0.25) is 14.4 Å². The number of amides is 1. The highest BCUT2D eigenvalue weighted by molar-refractivity contribution is 5.85. The van der Waals surface area contributed by atoms with Gasteiger partial charge in [0.05, 0.1) is 6.42 Å². The van der Waals surface area contributed by atoms with Crippen molar-refractivity contribution in [3.05, 3.63) is 0 Å². The molecule has 0 spiro atoms. The summed E-state index contributed by atoms with van der Waals surface area (Å²) in [6.45, 7) is 8.64. The van der Waals surface area contributed by atoms with Crippen LogP contribution in [0.2, 0.25) is 0 Å². The molecule has 2 unspecified atom stereocenters. The standard InChI is InChI=1S/C49H91NO10/c1-6-8-10-12-14-16-18-20-22-24-26-28-30-32-34-36-38-46(54)59-42(41-58-47(55)43(39-44(51)52)50-48(56)60-49(3,4)5)40-57-45(53)37-35-33-31-29-27-25-23-21-19-17-15-13-11-9-7-2/h42-43H,6-41H2,1-5H3,(H,50,56)(H,51,52). The first-order valence-corrected chi connectivity index (χ1v) is 24.6. The van der Waals surface area contributed by atoms with Crippen LogP contribution in [0.5, 0.6) is 0 Å². The van der Waals surface area contributed by atoms with E-state index in [0.29, 0.717) is 12.8 Å². The number of aliphatic carboxylic acids is 1. The van der Waals surface area contributed by atoms with Gasteiger partial charge < -0.3 is 29.4 Å². The maximum Gasteiger partial charge on any atom is 0.408 e. The van der Waals surface area contributed by atoms with Crippen LogP contribution in [-0.4, -0.2) is 66.0 Å². The van der Waals surface area contributed by atoms with Gasteiger partial charge in [-0.15, -0.1) is 0 Å². The molecule has 0 heterocycles. The van der Waals surface area contributed by atoms with Gasteiger partial charge in [-0.2, -0.15) is 0 Å². The SMILES string of the molecule is CCCCCCCCCCCCCCCCCCC(=O)OC(COC(=O)CCCCCCCCCCCCCCCCC)COC(=O)C(CC(=O)O)NC(=O)OC(C)(C)C. The second kappa shape index (κ2) is 40.2. The molecule has 0 aliphatic rings. The number of carbonyl (C=O) groups is 5. The number of unbranched alkanes of at least 4 members (excludes halogenated alkanes) is 29. The lowest BCUT2D eigenvalue weighted by Crippen LogP contribution is -2.46. The van der Waals surface area contributed by atoms with Crippen LogP contribution in [-0.2, 0) is 38.1 Å². The van der Waals surface area contributed by atoms with Crippen molar-refractivity contribution >= 4 is 30.0 Å². The second-order valence-electron chi connectivity index (χ2n) is 18.0. The summed E-state index contributed by atoms with van der Waals surface area (Å²) in [6, 6.07) is -1.54. The lowest BCUT2D eigenvalue weighted by molar-refractivity contribution is -0.168. The Balaban J connectivity index is 4.65. The van der Waals surface area contributed by atoms with Gasteiger partial charge in [0, 0.05) is 12.8 Å². The molecule has 60 heavy (non-hydrogen) atoms. The average Bonchev–Trinajstić information content (AvgIpc) is 3.18. The van der Waals surface area contributed by atoms with E-state index in [1.54, 1.807) is 20.8 Å². The largest absolute Gasteiger partial charge is 0.481 e. The maximum absolute atomic E-state index is 12.9. The van der Waals surface area contributed by atoms with Crippen molar-refractivity contribution in [3.8, 4) is 0 Å². The molecule has 2 N–H and O–H groups in total. The molecule has 2 atom stereocenters. The summed E-state index contributed by atoms with van der Waals surface area (Å²) in [6.07, 6.45) is 35.6. The van der Waals surface area contributed by atoms with Crippen LogP contribution in [0.3, 0.4) is 0 Å². The molecule has 11 nitrogen and oxygen atoms in total. The normalized spacial score (nSPS) is 12.4. The Morgan fingerprint density at radius 1 is 0.483 bits per heavy atom. The van der Waals surface area contributed by atoms with Gasteiger partial charge in [0.15, 0.2) is 6.10 Å². The van der Waals surface area contributed by atoms with Crippen molar-refractivity contribution in [2.45, 2.75) is 271 Å². The van der Waals surface area contributed by atoms with E-state index >= 15 is 0 Å². The van der Waals surface area contributed by atoms with E-state index in [-0.39, 0.29) is 19.4 Å². The summed E-state index contributed by atoms with van der Waals surface area (Å²) in [5.41, 5.74) is -0.871. The van der Waals surface area contributed by atoms with Crippen molar-refractivity contribution in [2.24, 2.45) is 0 Å². The number of nitrogens with one attached hydrogen (secondary N) is 1. The molecule has 0 aliphatic carbocycles. The molecule has 1 amide bonds. The van der Waals surface area contributed by atoms with Crippen LogP contribution in [0, 0.1) is 0 Å². The number of esters is 3. The van der Waals surface area contributed by atoms with E-state index in [9.17, 15) is 29.1 Å². The monoisotopic (exact) mass is 854 g/mol. The first kappa shape index (κ1) is 57.1. The van der Waals surface area contributed by atoms with Crippen LogP contribution >= 0.6 is 0 Å². The molecule has 0 radical (unpaired) electrons. The minimum Gasteiger partial charge on any atom is -0.481 e. The molecular weight excluding hydrogens is 763 g/mol. The van der Waals surface area contributed by atoms with E-state index < -0.39 is 60.7 Å². The Hall–Kier alpha value is -2.85. The fourth-order valence-corrected chi connectivity index (χ4v) is 7.17. The fraction of sp³-hybridized carbons (Fsp3) is 0.898. The van der Waals surface area contributed by atoms with E-state index in [1.807, 2.05) is 0 Å². The molecule has 0 aliphatic heterocycles. The smallest absolute Gasteiger partial charge is 0.408 e. The molecule has 11 heteroatoms. The highest BCUT2D eigenvalue weighted by atomic mass is 16.6. The molecule has 0 fully saturated rings. The van der Waals surface area contributed by atoms with Gasteiger partial charge in [0.25, 0.3) is 0 Å². The molecule has 0 aromatic rings. The summed E-state index contributed by atoms with van der Waals surface area (Å²) < 4.78 is 21.5. The third-order valence-electron chi connectivity index (χ3n) is 10.7. The first-order valence-electron chi connectivity index (χ1n) is 24.6. The average molecular weight is 854 g/mol. The molecule has 0 rings (SSSR count). The van der Waals surface area contributed by atoms with E-state index in [0.717, 1.165) is 38.5 Å². The zero-order valence-corrected chi connectivity index (χ0v) is 39.2. The van der Waals surface area contributed by atoms with Crippen molar-refractivity contribution in [1.29, 1.82) is 0 Å². The van der Waals surface area contributed by atoms with Crippen molar-refractivity contribution in [3.63, 3.8) is 0 Å². The number of carboxylic acid groups (broad SMARTS) is 1. The number of alkyl carbamates (subject to hydrolysis) is 1. The minimum absolute atomic E-state index is 0.178. The molecule has 0 saturated heterocycles. The lowest BCUT2D eigenvalue weighted by atomic mass is 10.0. The molecule has 352 valence electrons. The van der Waals surface area contributed by atoms with Crippen LogP contribution < -0.4 is 5.32 Å². The van der Waals surface area contributed by atoms with Crippen LogP contribution in [0.15, 0.2) is 0 Å². The molecule has 0 bridgehead atoms. The van der Waals surface area contributed by atoms with Crippen molar-refractivity contribution in [2.75, 3.05) is 13.2 Å². The number of hydrogen-bond donors (Lipinski definition) is 2. The van der Waals surface area contributed by atoms with Gasteiger partial charge in [0.1, 0.15) is 24.9 Å². The lowest BCUT2D eigenvalue weighted by Gasteiger charge is -2.23. The molecule has 0 aromatic carbocycles. The topological polar surface area (TPSA) is 155 Å². The predicted octanol–water partition coefficient (Wildman–Crippen LogP) is 13.3. The van der Waals surface area contributed by atoms with Crippen LogP contribution in [0.1, 0.15) is 253 Å². The van der Waals surface area contributed by atoms with E-state index in [1.165, 1.54) is 148 Å². The summed E-state index contributed by atoms with van der Waals surface area (Å²) in [7, 11) is 0. The van der Waals surface area contributed by atoms with Crippen LogP contribution in [0.25, 0.3) is 0 Å². The molecule has 0 aromatic heterocycles. The molecule has 0 saturated carbocycles. The summed E-state index contributed by atoms with van der Waals surface area (Å²) >= 11 is 0. The Labute approximate surface area is 366 Å². The second-order valence-corrected chi connectivity index (χ2v) is 18.0. The number of ether oxygens (including phenoxy) is 4. The zero-order chi connectivity index (χ0) is 44.5. The number of carbonyl (C=O) groups excluding carboxylic acids is 4. The number of rotatable bonds is 42. The summed E-state index contributed by atoms with van der Waals surface area (Å²) in [5.74, 6) is -3.28. The van der Waals surface area contributed by atoms with Gasteiger partial charge in [0.2, 0.25) is 0 Å². The van der Waals surface area contributed by atoms with E-state index in [4.69, 9.17) is 18.9 Å². The van der Waals surface area contributed by atoms with E-state index in [2.05, 4.69) is 19.2 Å². The van der Waals surface area contributed by atoms with Gasteiger partial charge in [-0.05, 0) is 33.6 Å². The Kier molecular flexibility index (Phi) is 38.3. The highest BCUT2D eigenvalue weighted by Crippen LogP contribution is 2.17. The van der Waals surface area contributed by atoms with Gasteiger partial charge >= 0.3 is 30.0 Å². The fourth-order valence-electron chi connectivity index (χ4n) is 7.17. The third-order valence-corrected chi connectivity index (χ3v) is 10.7. The Morgan fingerprint density at radius 3 is 1.17 bits per heavy atom. The predicted molar refractivity (Wildman–Crippen MR) is 241 cm³/mol. The summed E-state index contributed by atoms with van der Waals surface area (Å²) in [5, 5.41) is 11.6. The number of hydrogen-bond acceptors (Lipinski definition) is 9. The third kappa shape index (κ3) is 40.6. The van der Waals surface area contributed by atoms with Crippen LogP contribution in [0.4, 0.5) is 4.79 Å². The molecular formula is C49H91NO10. The Bertz CT molecular complexity index is 1070. The zero-order valence-electron chi connectivity index (χ0n) is 39.2. The van der Waals surface area contributed by atoms with Crippen molar-refractivity contribution in [1.82, 2.24) is 5.32 Å². The maximum atomic E-state index is 12.9. The van der Waals surface area contributed by atoms with Gasteiger partial charge in [-0.1, -0.05) is 200 Å². The quantitative estimate of drug-likeness (QED) is 0.0344. The number of carboxylic acids is 1. The Morgan fingerprint density at radius 2 is 0.817 bits per heavy atom. The minimum atomic E-state index is -1.54. The highest BCUT2D eigenvalue weighted by Gasteiger charge is 2.29. The van der Waals surface area contributed by atoms with Crippen molar-refractivity contribution < 1.29 is 48.0 Å². The summed E-state index contributed by atoms with van der Waals surface area (Å²) in [4.78, 5) is 62.1. The first-order chi connectivity index (χ1) is 28.9.